The summed E-state index contributed by atoms with van der Waals surface area (Å²) in [7, 11) is 0. The van der Waals surface area contributed by atoms with Crippen LogP contribution >= 0.6 is 0 Å². The van der Waals surface area contributed by atoms with E-state index in [0.29, 0.717) is 12.4 Å². The fourth-order valence-corrected chi connectivity index (χ4v) is 1.95. The van der Waals surface area contributed by atoms with Crippen LogP contribution in [0, 0.1) is 0 Å². The molecule has 2 aromatic carbocycles. The van der Waals surface area contributed by atoms with Crippen LogP contribution in [0.2, 0.25) is 0 Å². The van der Waals surface area contributed by atoms with Crippen LogP contribution in [-0.4, -0.2) is 12.4 Å². The summed E-state index contributed by atoms with van der Waals surface area (Å²) in [5, 5.41) is 7.91. The van der Waals surface area contributed by atoms with E-state index in [1.165, 1.54) is 0 Å². The van der Waals surface area contributed by atoms with Gasteiger partial charge in [-0.3, -0.25) is 0 Å². The van der Waals surface area contributed by atoms with Crippen molar-refractivity contribution in [1.82, 2.24) is 0 Å². The number of benzene rings is 2. The smallest absolute Gasteiger partial charge is 0.146 e. The van der Waals surface area contributed by atoms with Crippen LogP contribution < -0.4 is 4.74 Å². The van der Waals surface area contributed by atoms with Gasteiger partial charge in [-0.25, -0.2) is 0 Å². The Balaban J connectivity index is 1.52. The van der Waals surface area contributed by atoms with Gasteiger partial charge >= 0.3 is 0 Å². The van der Waals surface area contributed by atoms with E-state index in [1.807, 2.05) is 60.7 Å². The van der Waals surface area contributed by atoms with Gasteiger partial charge in [0.1, 0.15) is 18.1 Å². The molecule has 23 heavy (non-hydrogen) atoms. The zero-order chi connectivity index (χ0) is 15.7. The van der Waals surface area contributed by atoms with Gasteiger partial charge in [0.25, 0.3) is 0 Å². The van der Waals surface area contributed by atoms with Gasteiger partial charge < -0.3 is 9.15 Å². The number of furan rings is 1. The Morgan fingerprint density at radius 1 is 0.826 bits per heavy atom. The normalized spacial score (nSPS) is 11.3. The molecule has 0 saturated heterocycles. The van der Waals surface area contributed by atoms with Crippen molar-refractivity contribution >= 4 is 12.4 Å². The molecule has 0 saturated carbocycles. The molecule has 1 aromatic heterocycles. The molecule has 3 aromatic rings. The second kappa shape index (κ2) is 7.75. The van der Waals surface area contributed by atoms with Crippen LogP contribution in [0.3, 0.4) is 0 Å². The summed E-state index contributed by atoms with van der Waals surface area (Å²) in [5.74, 6) is 1.50. The highest BCUT2D eigenvalue weighted by Gasteiger charge is 1.95. The van der Waals surface area contributed by atoms with Crippen molar-refractivity contribution in [1.29, 1.82) is 0 Å². The molecule has 0 spiro atoms. The topological polar surface area (TPSA) is 47.1 Å². The molecule has 0 radical (unpaired) electrons. The molecule has 3 rings (SSSR count). The van der Waals surface area contributed by atoms with Gasteiger partial charge in [-0.1, -0.05) is 30.3 Å². The predicted molar refractivity (Wildman–Crippen MR) is 91.1 cm³/mol. The van der Waals surface area contributed by atoms with Gasteiger partial charge in [0.05, 0.1) is 18.7 Å². The maximum atomic E-state index is 5.74. The Kier molecular flexibility index (Phi) is 4.98. The molecule has 0 bridgehead atoms. The number of hydrogen-bond acceptors (Lipinski definition) is 4. The number of rotatable bonds is 6. The Morgan fingerprint density at radius 3 is 2.35 bits per heavy atom. The van der Waals surface area contributed by atoms with Crippen LogP contribution in [0.15, 0.2) is 87.6 Å². The molecule has 4 nitrogen and oxygen atoms in total. The summed E-state index contributed by atoms with van der Waals surface area (Å²) in [4.78, 5) is 0. The molecule has 0 aliphatic rings. The van der Waals surface area contributed by atoms with E-state index in [0.717, 1.165) is 16.9 Å². The highest BCUT2D eigenvalue weighted by molar-refractivity contribution is 5.81. The van der Waals surface area contributed by atoms with E-state index in [9.17, 15) is 0 Å². The molecule has 114 valence electrons. The third-order valence-electron chi connectivity index (χ3n) is 3.13. The van der Waals surface area contributed by atoms with Crippen LogP contribution in [0.5, 0.6) is 5.75 Å². The highest BCUT2D eigenvalue weighted by atomic mass is 16.5. The number of hydrogen-bond donors (Lipinski definition) is 0. The van der Waals surface area contributed by atoms with E-state index in [2.05, 4.69) is 10.2 Å². The lowest BCUT2D eigenvalue weighted by atomic mass is 10.2. The number of ether oxygens (including phenoxy) is 1. The van der Waals surface area contributed by atoms with Crippen molar-refractivity contribution < 1.29 is 9.15 Å². The van der Waals surface area contributed by atoms with Gasteiger partial charge in [0.2, 0.25) is 0 Å². The van der Waals surface area contributed by atoms with Gasteiger partial charge in [-0.2, -0.15) is 10.2 Å². The molecule has 0 N–H and O–H groups in total. The van der Waals surface area contributed by atoms with Crippen molar-refractivity contribution in [3.05, 3.63) is 89.9 Å². The molecular weight excluding hydrogens is 288 g/mol. The zero-order valence-electron chi connectivity index (χ0n) is 12.5. The lowest BCUT2D eigenvalue weighted by molar-refractivity contribution is 0.306. The minimum absolute atomic E-state index is 0.557. The second-order valence-electron chi connectivity index (χ2n) is 4.85. The first-order chi connectivity index (χ1) is 11.4. The van der Waals surface area contributed by atoms with E-state index >= 15 is 0 Å². The molecule has 0 fully saturated rings. The summed E-state index contributed by atoms with van der Waals surface area (Å²) in [6, 6.07) is 21.4. The van der Waals surface area contributed by atoms with Crippen LogP contribution in [-0.2, 0) is 6.61 Å². The van der Waals surface area contributed by atoms with Crippen molar-refractivity contribution in [3.63, 3.8) is 0 Å². The Hall–Kier alpha value is -3.14. The SMILES string of the molecule is C(=N/N=C/c1ccco1)c1ccc(OCc2ccccc2)cc1. The Labute approximate surface area is 134 Å². The summed E-state index contributed by atoms with van der Waals surface area (Å²) >= 11 is 0. The third-order valence-corrected chi connectivity index (χ3v) is 3.13. The highest BCUT2D eigenvalue weighted by Crippen LogP contribution is 2.13. The molecule has 0 aliphatic carbocycles. The standard InChI is InChI=1S/C19H16N2O2/c1-2-5-17(6-3-1)15-23-18-10-8-16(9-11-18)13-20-21-14-19-7-4-12-22-19/h1-14H,15H2/b20-13?,21-14+. The first-order valence-corrected chi connectivity index (χ1v) is 7.27. The monoisotopic (exact) mass is 304 g/mol. The van der Waals surface area contributed by atoms with Crippen molar-refractivity contribution in [2.45, 2.75) is 6.61 Å². The van der Waals surface area contributed by atoms with E-state index in [-0.39, 0.29) is 0 Å². The predicted octanol–water partition coefficient (Wildman–Crippen LogP) is 4.31. The van der Waals surface area contributed by atoms with E-state index < -0.39 is 0 Å². The Bertz CT molecular complexity index is 761. The van der Waals surface area contributed by atoms with Crippen LogP contribution in [0.1, 0.15) is 16.9 Å². The van der Waals surface area contributed by atoms with E-state index in [4.69, 9.17) is 9.15 Å². The molecule has 0 amide bonds. The summed E-state index contributed by atoms with van der Waals surface area (Å²) < 4.78 is 10.9. The van der Waals surface area contributed by atoms with Gasteiger partial charge in [-0.15, -0.1) is 0 Å². The summed E-state index contributed by atoms with van der Waals surface area (Å²) in [5.41, 5.74) is 2.10. The van der Waals surface area contributed by atoms with Crippen LogP contribution in [0.25, 0.3) is 0 Å². The van der Waals surface area contributed by atoms with Gasteiger partial charge in [0, 0.05) is 0 Å². The summed E-state index contributed by atoms with van der Waals surface area (Å²) in [6.45, 7) is 0.557. The number of nitrogens with zero attached hydrogens (tertiary/aromatic N) is 2. The maximum absolute atomic E-state index is 5.74. The zero-order valence-corrected chi connectivity index (χ0v) is 12.5. The lowest BCUT2D eigenvalue weighted by Gasteiger charge is -2.06. The average Bonchev–Trinajstić information content (AvgIpc) is 3.12. The quantitative estimate of drug-likeness (QED) is 0.503. The first-order valence-electron chi connectivity index (χ1n) is 7.27. The van der Waals surface area contributed by atoms with Crippen LogP contribution in [0.4, 0.5) is 0 Å². The maximum Gasteiger partial charge on any atom is 0.146 e. The Morgan fingerprint density at radius 2 is 1.61 bits per heavy atom. The molecule has 0 aliphatic heterocycles. The fraction of sp³-hybridized carbons (Fsp3) is 0.0526. The minimum atomic E-state index is 0.557. The third kappa shape index (κ3) is 4.68. The van der Waals surface area contributed by atoms with E-state index in [1.54, 1.807) is 24.8 Å². The molecular formula is C19H16N2O2. The molecule has 1 heterocycles. The first kappa shape index (κ1) is 14.8. The fourth-order valence-electron chi connectivity index (χ4n) is 1.95. The average molecular weight is 304 g/mol. The van der Waals surface area contributed by atoms with Gasteiger partial charge in [0.15, 0.2) is 0 Å². The minimum Gasteiger partial charge on any atom is -0.489 e. The molecule has 4 heteroatoms. The summed E-state index contributed by atoms with van der Waals surface area (Å²) in [6.07, 6.45) is 4.84. The van der Waals surface area contributed by atoms with Crippen molar-refractivity contribution in [2.75, 3.05) is 0 Å². The van der Waals surface area contributed by atoms with Crippen molar-refractivity contribution in [2.24, 2.45) is 10.2 Å². The lowest BCUT2D eigenvalue weighted by Crippen LogP contribution is -1.94. The second-order valence-corrected chi connectivity index (χ2v) is 4.85. The van der Waals surface area contributed by atoms with Crippen molar-refractivity contribution in [3.8, 4) is 5.75 Å². The molecule has 0 atom stereocenters. The largest absolute Gasteiger partial charge is 0.489 e. The molecule has 0 unspecified atom stereocenters. The van der Waals surface area contributed by atoms with Gasteiger partial charge in [-0.05, 0) is 47.5 Å².